The third-order valence-corrected chi connectivity index (χ3v) is 3.00. The average Bonchev–Trinajstić information content (AvgIpc) is 2.77. The predicted molar refractivity (Wildman–Crippen MR) is 69.3 cm³/mol. The van der Waals surface area contributed by atoms with Gasteiger partial charge in [0.1, 0.15) is 6.33 Å². The molecule has 1 aromatic carbocycles. The van der Waals surface area contributed by atoms with E-state index in [1.54, 1.807) is 0 Å². The topological polar surface area (TPSA) is 30.7 Å². The van der Waals surface area contributed by atoms with Crippen molar-refractivity contribution in [3.05, 3.63) is 47.0 Å². The first-order valence-corrected chi connectivity index (χ1v) is 6.24. The van der Waals surface area contributed by atoms with Gasteiger partial charge < -0.3 is 0 Å². The van der Waals surface area contributed by atoms with Crippen LogP contribution >= 0.6 is 0 Å². The number of halogens is 2. The van der Waals surface area contributed by atoms with Gasteiger partial charge in [-0.15, -0.1) is 5.10 Å². The molecule has 2 aromatic rings. The fourth-order valence-electron chi connectivity index (χ4n) is 2.09. The first kappa shape index (κ1) is 13.6. The Hall–Kier alpha value is -1.78. The van der Waals surface area contributed by atoms with Gasteiger partial charge in [-0.25, -0.2) is 18.4 Å². The van der Waals surface area contributed by atoms with Gasteiger partial charge in [0.25, 0.3) is 6.43 Å². The van der Waals surface area contributed by atoms with Crippen molar-refractivity contribution in [2.45, 2.75) is 39.7 Å². The maximum Gasteiger partial charge on any atom is 0.299 e. The van der Waals surface area contributed by atoms with Crippen LogP contribution in [-0.2, 0) is 6.54 Å². The molecule has 3 nitrogen and oxygen atoms in total. The van der Waals surface area contributed by atoms with Gasteiger partial charge in [-0.05, 0) is 24.0 Å². The summed E-state index contributed by atoms with van der Waals surface area (Å²) in [5, 5.41) is 3.79. The lowest BCUT2D eigenvalue weighted by Crippen LogP contribution is -2.05. The predicted octanol–water partition coefficient (Wildman–Crippen LogP) is 3.70. The van der Waals surface area contributed by atoms with Crippen LogP contribution in [0, 0.1) is 6.92 Å². The molecule has 102 valence electrons. The summed E-state index contributed by atoms with van der Waals surface area (Å²) in [6.45, 7) is 6.70. The molecule has 0 saturated heterocycles. The molecule has 2 rings (SSSR count). The first-order chi connectivity index (χ1) is 8.97. The SMILES string of the molecule is Cc1ccc(C(C)C)c(Cn2cnc(C(F)F)n2)c1. The Bertz CT molecular complexity index is 562. The molecule has 0 spiro atoms. The van der Waals surface area contributed by atoms with Gasteiger partial charge in [0.05, 0.1) is 6.54 Å². The molecule has 0 amide bonds. The summed E-state index contributed by atoms with van der Waals surface area (Å²) in [6.07, 6.45) is -1.27. The van der Waals surface area contributed by atoms with E-state index in [2.05, 4.69) is 42.1 Å². The highest BCUT2D eigenvalue weighted by molar-refractivity contribution is 5.33. The van der Waals surface area contributed by atoms with Crippen molar-refractivity contribution in [3.63, 3.8) is 0 Å². The van der Waals surface area contributed by atoms with Gasteiger partial charge in [0.2, 0.25) is 5.82 Å². The summed E-state index contributed by atoms with van der Waals surface area (Å²) in [7, 11) is 0. The van der Waals surface area contributed by atoms with Crippen molar-refractivity contribution in [2.75, 3.05) is 0 Å². The second kappa shape index (κ2) is 5.47. The molecule has 0 fully saturated rings. The Kier molecular flexibility index (Phi) is 3.93. The zero-order valence-electron chi connectivity index (χ0n) is 11.3. The Morgan fingerprint density at radius 1 is 1.26 bits per heavy atom. The van der Waals surface area contributed by atoms with Gasteiger partial charge in [0, 0.05) is 0 Å². The normalized spacial score (nSPS) is 11.5. The van der Waals surface area contributed by atoms with Crippen LogP contribution in [0.25, 0.3) is 0 Å². The Balaban J connectivity index is 2.28. The van der Waals surface area contributed by atoms with Crippen molar-refractivity contribution in [3.8, 4) is 0 Å². The van der Waals surface area contributed by atoms with E-state index >= 15 is 0 Å². The van der Waals surface area contributed by atoms with E-state index < -0.39 is 12.2 Å². The monoisotopic (exact) mass is 265 g/mol. The van der Waals surface area contributed by atoms with Crippen molar-refractivity contribution in [1.82, 2.24) is 14.8 Å². The summed E-state index contributed by atoms with van der Waals surface area (Å²) < 4.78 is 26.4. The standard InChI is InChI=1S/C14H17F2N3/c1-9(2)12-5-4-10(3)6-11(12)7-19-8-17-14(18-19)13(15)16/h4-6,8-9,13H,7H2,1-3H3. The van der Waals surface area contributed by atoms with Crippen LogP contribution in [0.3, 0.4) is 0 Å². The molecule has 19 heavy (non-hydrogen) atoms. The summed E-state index contributed by atoms with van der Waals surface area (Å²) in [5.41, 5.74) is 3.45. The van der Waals surface area contributed by atoms with E-state index in [-0.39, 0.29) is 0 Å². The molecule has 0 N–H and O–H groups in total. The summed E-state index contributed by atoms with van der Waals surface area (Å²) in [6, 6.07) is 6.21. The number of hydrogen-bond acceptors (Lipinski definition) is 2. The average molecular weight is 265 g/mol. The van der Waals surface area contributed by atoms with Crippen LogP contribution in [0.15, 0.2) is 24.5 Å². The molecule has 0 radical (unpaired) electrons. The zero-order valence-corrected chi connectivity index (χ0v) is 11.3. The number of hydrogen-bond donors (Lipinski definition) is 0. The fraction of sp³-hybridized carbons (Fsp3) is 0.429. The van der Waals surface area contributed by atoms with Crippen molar-refractivity contribution in [2.24, 2.45) is 0 Å². The van der Waals surface area contributed by atoms with Crippen LogP contribution in [0.5, 0.6) is 0 Å². The molecule has 0 atom stereocenters. The first-order valence-electron chi connectivity index (χ1n) is 6.24. The third-order valence-electron chi connectivity index (χ3n) is 3.00. The van der Waals surface area contributed by atoms with Crippen LogP contribution in [0.2, 0.25) is 0 Å². The van der Waals surface area contributed by atoms with E-state index in [4.69, 9.17) is 0 Å². The molecule has 0 bridgehead atoms. The fourth-order valence-corrected chi connectivity index (χ4v) is 2.09. The summed E-state index contributed by atoms with van der Waals surface area (Å²) in [5.74, 6) is -0.0348. The highest BCUT2D eigenvalue weighted by atomic mass is 19.3. The number of aromatic nitrogens is 3. The van der Waals surface area contributed by atoms with Gasteiger partial charge in [-0.3, -0.25) is 0 Å². The molecule has 1 aromatic heterocycles. The Labute approximate surface area is 111 Å². The molecule has 0 aliphatic heterocycles. The van der Waals surface area contributed by atoms with Crippen molar-refractivity contribution >= 4 is 0 Å². The van der Waals surface area contributed by atoms with Crippen molar-refractivity contribution in [1.29, 1.82) is 0 Å². The molecular formula is C14H17F2N3. The molecular weight excluding hydrogens is 248 g/mol. The lowest BCUT2D eigenvalue weighted by molar-refractivity contribution is 0.140. The number of rotatable bonds is 4. The van der Waals surface area contributed by atoms with Crippen molar-refractivity contribution < 1.29 is 8.78 Å². The summed E-state index contributed by atoms with van der Waals surface area (Å²) >= 11 is 0. The van der Waals surface area contributed by atoms with Gasteiger partial charge >= 0.3 is 0 Å². The van der Waals surface area contributed by atoms with E-state index in [0.717, 1.165) is 11.1 Å². The number of nitrogens with zero attached hydrogens (tertiary/aromatic N) is 3. The van der Waals surface area contributed by atoms with Crippen LogP contribution < -0.4 is 0 Å². The minimum atomic E-state index is -2.62. The smallest absolute Gasteiger partial charge is 0.248 e. The molecule has 5 heteroatoms. The van der Waals surface area contributed by atoms with E-state index in [0.29, 0.717) is 12.5 Å². The van der Waals surface area contributed by atoms with Gasteiger partial charge in [-0.1, -0.05) is 37.6 Å². The molecule has 0 aliphatic carbocycles. The number of aryl methyl sites for hydroxylation is 1. The van der Waals surface area contributed by atoms with Crippen LogP contribution in [0.4, 0.5) is 8.78 Å². The van der Waals surface area contributed by atoms with Gasteiger partial charge in [0.15, 0.2) is 0 Å². The maximum atomic E-state index is 12.5. The lowest BCUT2D eigenvalue weighted by atomic mass is 9.95. The second-order valence-electron chi connectivity index (χ2n) is 4.96. The Morgan fingerprint density at radius 2 is 2.00 bits per heavy atom. The minimum Gasteiger partial charge on any atom is -0.248 e. The van der Waals surface area contributed by atoms with E-state index in [1.807, 2.05) is 6.92 Å². The lowest BCUT2D eigenvalue weighted by Gasteiger charge is -2.13. The van der Waals surface area contributed by atoms with Crippen LogP contribution in [-0.4, -0.2) is 14.8 Å². The molecule has 0 saturated carbocycles. The number of benzene rings is 1. The quantitative estimate of drug-likeness (QED) is 0.844. The zero-order chi connectivity index (χ0) is 14.0. The third kappa shape index (κ3) is 3.16. The highest BCUT2D eigenvalue weighted by Gasteiger charge is 2.14. The molecule has 1 heterocycles. The summed E-state index contributed by atoms with van der Waals surface area (Å²) in [4.78, 5) is 3.61. The van der Waals surface area contributed by atoms with E-state index in [1.165, 1.54) is 16.6 Å². The molecule has 0 aliphatic rings. The van der Waals surface area contributed by atoms with Crippen LogP contribution in [0.1, 0.15) is 48.7 Å². The Morgan fingerprint density at radius 3 is 2.58 bits per heavy atom. The largest absolute Gasteiger partial charge is 0.299 e. The van der Waals surface area contributed by atoms with Gasteiger partial charge in [-0.2, -0.15) is 0 Å². The molecule has 0 unspecified atom stereocenters. The maximum absolute atomic E-state index is 12.5. The minimum absolute atomic E-state index is 0.383. The second-order valence-corrected chi connectivity index (χ2v) is 4.96. The number of alkyl halides is 2. The highest BCUT2D eigenvalue weighted by Crippen LogP contribution is 2.22. The van der Waals surface area contributed by atoms with E-state index in [9.17, 15) is 8.78 Å².